The average Bonchev–Trinajstić information content (AvgIpc) is 2.04. The normalized spacial score (nSPS) is 9.38. The summed E-state index contributed by atoms with van der Waals surface area (Å²) in [7, 11) is 0. The van der Waals surface area contributed by atoms with Crippen molar-refractivity contribution in [1.29, 1.82) is 0 Å². The molecule has 0 aliphatic rings. The first-order valence-corrected chi connectivity index (χ1v) is 4.10. The van der Waals surface area contributed by atoms with Gasteiger partial charge in [-0.1, -0.05) is 18.2 Å². The molecular formula is C10H9ClO2. The summed E-state index contributed by atoms with van der Waals surface area (Å²) in [6.45, 7) is 4.93. The molecule has 0 saturated carbocycles. The van der Waals surface area contributed by atoms with Crippen LogP contribution in [0.4, 0.5) is 0 Å². The fraction of sp³-hybridized carbons (Fsp3) is 0.100. The van der Waals surface area contributed by atoms with E-state index in [1.807, 2.05) is 0 Å². The third-order valence-electron chi connectivity index (χ3n) is 1.43. The Kier molecular flexibility index (Phi) is 3.09. The molecule has 0 aliphatic carbocycles. The molecule has 0 amide bonds. The molecule has 0 heterocycles. The molecule has 0 fully saturated rings. The van der Waals surface area contributed by atoms with Crippen molar-refractivity contribution in [3.05, 3.63) is 36.4 Å². The summed E-state index contributed by atoms with van der Waals surface area (Å²) in [6, 6.07) is 6.83. The standard InChI is InChI=1S/C10H9ClO2/c1-7(11)9-3-5-10(6-4-9)13-8(2)12/h3-6H,1H2,2H3. The van der Waals surface area contributed by atoms with Crippen molar-refractivity contribution in [3.8, 4) is 5.75 Å². The Morgan fingerprint density at radius 1 is 1.38 bits per heavy atom. The van der Waals surface area contributed by atoms with E-state index in [4.69, 9.17) is 16.3 Å². The molecule has 0 bridgehead atoms. The van der Waals surface area contributed by atoms with Crippen LogP contribution >= 0.6 is 11.6 Å². The van der Waals surface area contributed by atoms with Crippen LogP contribution in [0.25, 0.3) is 5.03 Å². The van der Waals surface area contributed by atoms with Gasteiger partial charge in [-0.15, -0.1) is 0 Å². The lowest BCUT2D eigenvalue weighted by Crippen LogP contribution is -2.00. The van der Waals surface area contributed by atoms with E-state index in [0.717, 1.165) is 5.56 Å². The Balaban J connectivity index is 2.81. The Morgan fingerprint density at radius 3 is 2.31 bits per heavy atom. The zero-order chi connectivity index (χ0) is 9.84. The molecule has 1 aromatic carbocycles. The van der Waals surface area contributed by atoms with Crippen molar-refractivity contribution >= 4 is 22.6 Å². The maximum absolute atomic E-state index is 10.6. The van der Waals surface area contributed by atoms with Crippen molar-refractivity contribution in [2.45, 2.75) is 6.92 Å². The quantitative estimate of drug-likeness (QED) is 0.537. The minimum absolute atomic E-state index is 0.336. The Bertz CT molecular complexity index is 327. The van der Waals surface area contributed by atoms with Gasteiger partial charge in [0.25, 0.3) is 0 Å². The number of ether oxygens (including phenoxy) is 1. The van der Waals surface area contributed by atoms with Gasteiger partial charge in [-0.25, -0.2) is 0 Å². The van der Waals surface area contributed by atoms with Gasteiger partial charge in [0.05, 0.1) is 0 Å². The summed E-state index contributed by atoms with van der Waals surface area (Å²) in [5.74, 6) is 0.173. The summed E-state index contributed by atoms with van der Waals surface area (Å²) >= 11 is 5.66. The summed E-state index contributed by atoms with van der Waals surface area (Å²) in [6.07, 6.45) is 0. The number of rotatable bonds is 2. The van der Waals surface area contributed by atoms with Gasteiger partial charge in [0.1, 0.15) is 5.75 Å². The smallest absolute Gasteiger partial charge is 0.308 e. The van der Waals surface area contributed by atoms with Crippen molar-refractivity contribution in [1.82, 2.24) is 0 Å². The van der Waals surface area contributed by atoms with Crippen molar-refractivity contribution in [3.63, 3.8) is 0 Å². The number of halogens is 1. The predicted octanol–water partition coefficient (Wildman–Crippen LogP) is 2.82. The van der Waals surface area contributed by atoms with Crippen LogP contribution in [-0.4, -0.2) is 5.97 Å². The molecule has 68 valence electrons. The molecule has 0 unspecified atom stereocenters. The van der Waals surface area contributed by atoms with Gasteiger partial charge in [-0.2, -0.15) is 0 Å². The topological polar surface area (TPSA) is 26.3 Å². The fourth-order valence-corrected chi connectivity index (χ4v) is 0.996. The number of esters is 1. The van der Waals surface area contributed by atoms with Crippen LogP contribution in [0.5, 0.6) is 5.75 Å². The van der Waals surface area contributed by atoms with Crippen molar-refractivity contribution in [2.24, 2.45) is 0 Å². The molecule has 0 saturated heterocycles. The Hall–Kier alpha value is -1.28. The van der Waals surface area contributed by atoms with E-state index >= 15 is 0 Å². The van der Waals surface area contributed by atoms with Crippen LogP contribution in [0.1, 0.15) is 12.5 Å². The van der Waals surface area contributed by atoms with E-state index in [-0.39, 0.29) is 5.97 Å². The maximum Gasteiger partial charge on any atom is 0.308 e. The molecule has 0 radical (unpaired) electrons. The van der Waals surface area contributed by atoms with E-state index in [0.29, 0.717) is 10.8 Å². The second-order valence-corrected chi connectivity index (χ2v) is 2.98. The highest BCUT2D eigenvalue weighted by atomic mass is 35.5. The number of hydrogen-bond acceptors (Lipinski definition) is 2. The minimum atomic E-state index is -0.336. The molecule has 13 heavy (non-hydrogen) atoms. The van der Waals surface area contributed by atoms with E-state index in [1.54, 1.807) is 24.3 Å². The largest absolute Gasteiger partial charge is 0.427 e. The SMILES string of the molecule is C=C(Cl)c1ccc(OC(C)=O)cc1. The summed E-state index contributed by atoms with van der Waals surface area (Å²) in [5, 5.41) is 0.467. The van der Waals surface area contributed by atoms with E-state index in [2.05, 4.69) is 6.58 Å². The minimum Gasteiger partial charge on any atom is -0.427 e. The van der Waals surface area contributed by atoms with Gasteiger partial charge < -0.3 is 4.74 Å². The zero-order valence-electron chi connectivity index (χ0n) is 7.21. The molecule has 1 aromatic rings. The highest BCUT2D eigenvalue weighted by Crippen LogP contribution is 2.19. The molecule has 0 spiro atoms. The molecule has 0 aliphatic heterocycles. The lowest BCUT2D eigenvalue weighted by Gasteiger charge is -2.01. The van der Waals surface area contributed by atoms with Gasteiger partial charge in [0.15, 0.2) is 0 Å². The average molecular weight is 197 g/mol. The lowest BCUT2D eigenvalue weighted by molar-refractivity contribution is -0.131. The molecule has 3 heteroatoms. The molecule has 0 N–H and O–H groups in total. The Labute approximate surface area is 81.8 Å². The van der Waals surface area contributed by atoms with Crippen molar-refractivity contribution in [2.75, 3.05) is 0 Å². The number of carbonyl (C=O) groups is 1. The van der Waals surface area contributed by atoms with Gasteiger partial charge in [-0.05, 0) is 29.8 Å². The third-order valence-corrected chi connectivity index (χ3v) is 1.65. The first kappa shape index (κ1) is 9.81. The van der Waals surface area contributed by atoms with Gasteiger partial charge >= 0.3 is 5.97 Å². The first-order valence-electron chi connectivity index (χ1n) is 3.73. The van der Waals surface area contributed by atoms with Crippen LogP contribution in [0, 0.1) is 0 Å². The number of benzene rings is 1. The molecule has 0 aromatic heterocycles. The zero-order valence-corrected chi connectivity index (χ0v) is 7.97. The number of carbonyl (C=O) groups excluding carboxylic acids is 1. The van der Waals surface area contributed by atoms with Crippen LogP contribution in [-0.2, 0) is 4.79 Å². The van der Waals surface area contributed by atoms with Crippen LogP contribution in [0.15, 0.2) is 30.8 Å². The van der Waals surface area contributed by atoms with Gasteiger partial charge in [-0.3, -0.25) is 4.79 Å². The second kappa shape index (κ2) is 4.10. The monoisotopic (exact) mass is 196 g/mol. The lowest BCUT2D eigenvalue weighted by atomic mass is 10.2. The number of hydrogen-bond donors (Lipinski definition) is 0. The predicted molar refractivity (Wildman–Crippen MR) is 52.6 cm³/mol. The highest BCUT2D eigenvalue weighted by molar-refractivity contribution is 6.48. The first-order chi connectivity index (χ1) is 6.09. The van der Waals surface area contributed by atoms with E-state index in [9.17, 15) is 4.79 Å². The molecule has 1 rings (SSSR count). The maximum atomic E-state index is 10.6. The van der Waals surface area contributed by atoms with Gasteiger partial charge in [0.2, 0.25) is 0 Å². The van der Waals surface area contributed by atoms with Crippen LogP contribution in [0.2, 0.25) is 0 Å². The molecular weight excluding hydrogens is 188 g/mol. The second-order valence-electron chi connectivity index (χ2n) is 2.52. The highest BCUT2D eigenvalue weighted by Gasteiger charge is 1.98. The van der Waals surface area contributed by atoms with Crippen molar-refractivity contribution < 1.29 is 9.53 Å². The fourth-order valence-electron chi connectivity index (χ4n) is 0.870. The summed E-state index contributed by atoms with van der Waals surface area (Å²) in [4.78, 5) is 10.6. The third kappa shape index (κ3) is 2.92. The molecule has 0 atom stereocenters. The van der Waals surface area contributed by atoms with E-state index in [1.165, 1.54) is 6.92 Å². The van der Waals surface area contributed by atoms with E-state index < -0.39 is 0 Å². The van der Waals surface area contributed by atoms with Gasteiger partial charge in [0, 0.05) is 12.0 Å². The summed E-state index contributed by atoms with van der Waals surface area (Å²) < 4.78 is 4.84. The Morgan fingerprint density at radius 2 is 1.92 bits per heavy atom. The molecule has 2 nitrogen and oxygen atoms in total. The summed E-state index contributed by atoms with van der Waals surface area (Å²) in [5.41, 5.74) is 0.817. The van der Waals surface area contributed by atoms with Crippen LogP contribution < -0.4 is 4.74 Å². The van der Waals surface area contributed by atoms with Crippen LogP contribution in [0.3, 0.4) is 0 Å².